The second-order valence-electron chi connectivity index (χ2n) is 7.22. The second kappa shape index (κ2) is 7.70. The van der Waals surface area contributed by atoms with E-state index in [1.54, 1.807) is 6.20 Å². The summed E-state index contributed by atoms with van der Waals surface area (Å²) in [5, 5.41) is 15.6. The van der Waals surface area contributed by atoms with Gasteiger partial charge in [-0.2, -0.15) is 0 Å². The van der Waals surface area contributed by atoms with Gasteiger partial charge in [-0.15, -0.1) is 11.3 Å². The summed E-state index contributed by atoms with van der Waals surface area (Å²) < 4.78 is 0. The van der Waals surface area contributed by atoms with Crippen LogP contribution in [0.15, 0.2) is 11.6 Å². The number of nitrogens with one attached hydrogen (secondary N) is 1. The van der Waals surface area contributed by atoms with Crippen LogP contribution in [0.25, 0.3) is 0 Å². The normalized spacial score (nSPS) is 20.2. The average molecular weight is 340 g/mol. The quantitative estimate of drug-likeness (QED) is 0.850. The molecule has 0 aliphatic carbocycles. The molecule has 1 saturated heterocycles. The molecule has 1 aliphatic heterocycles. The van der Waals surface area contributed by atoms with Crippen molar-refractivity contribution in [2.75, 3.05) is 38.0 Å². The van der Waals surface area contributed by atoms with Gasteiger partial charge in [-0.1, -0.05) is 20.8 Å². The summed E-state index contributed by atoms with van der Waals surface area (Å²) in [6.07, 6.45) is 1.35. The maximum atomic E-state index is 12.3. The fourth-order valence-electron chi connectivity index (χ4n) is 2.51. The molecule has 1 aliphatic rings. The highest BCUT2D eigenvalue weighted by Gasteiger charge is 2.29. The Morgan fingerprint density at radius 2 is 2.04 bits per heavy atom. The Balaban J connectivity index is 1.78. The number of aliphatic hydroxyl groups is 1. The molecule has 1 aromatic heterocycles. The van der Waals surface area contributed by atoms with E-state index in [1.165, 1.54) is 11.3 Å². The Morgan fingerprint density at radius 3 is 2.57 bits per heavy atom. The Hall–Kier alpha value is -1.02. The number of anilines is 1. The van der Waals surface area contributed by atoms with Gasteiger partial charge < -0.3 is 10.4 Å². The first kappa shape index (κ1) is 18.3. The van der Waals surface area contributed by atoms with Crippen molar-refractivity contribution >= 4 is 22.4 Å². The number of carbonyl (C=O) groups excluding carboxylic acids is 1. The van der Waals surface area contributed by atoms with Crippen LogP contribution >= 0.6 is 11.3 Å². The third-order valence-corrected chi connectivity index (χ3v) is 5.12. The van der Waals surface area contributed by atoms with Gasteiger partial charge in [0.05, 0.1) is 12.1 Å². The number of β-amino-alcohol motifs (C(OH)–C–C–N with tert-alkyl or cyclic N) is 1. The highest BCUT2D eigenvalue weighted by atomic mass is 32.1. The van der Waals surface area contributed by atoms with Gasteiger partial charge in [0.1, 0.15) is 0 Å². The zero-order valence-electron chi connectivity index (χ0n) is 14.5. The topological polar surface area (TPSA) is 68.7 Å². The van der Waals surface area contributed by atoms with E-state index >= 15 is 0 Å². The van der Waals surface area contributed by atoms with Crippen molar-refractivity contribution in [2.45, 2.75) is 39.8 Å². The summed E-state index contributed by atoms with van der Waals surface area (Å²) in [6, 6.07) is -0.173. The molecule has 6 nitrogen and oxygen atoms in total. The van der Waals surface area contributed by atoms with Gasteiger partial charge in [0.25, 0.3) is 0 Å². The number of aromatic nitrogens is 1. The number of aliphatic hydroxyl groups excluding tert-OH is 1. The molecule has 0 spiro atoms. The van der Waals surface area contributed by atoms with Crippen LogP contribution in [0, 0.1) is 5.41 Å². The van der Waals surface area contributed by atoms with E-state index in [2.05, 4.69) is 40.9 Å². The molecule has 1 fully saturated rings. The number of nitrogens with zero attached hydrogens (tertiary/aromatic N) is 3. The largest absolute Gasteiger partial charge is 0.391 e. The molecule has 23 heavy (non-hydrogen) atoms. The maximum absolute atomic E-state index is 12.3. The Morgan fingerprint density at radius 1 is 1.39 bits per heavy atom. The zero-order valence-corrected chi connectivity index (χ0v) is 15.3. The lowest BCUT2D eigenvalue weighted by molar-refractivity contribution is -0.121. The van der Waals surface area contributed by atoms with Crippen LogP contribution < -0.4 is 5.32 Å². The summed E-state index contributed by atoms with van der Waals surface area (Å²) in [5.41, 5.74) is -0.0992. The minimum Gasteiger partial charge on any atom is -0.391 e. The molecule has 2 atom stereocenters. The Kier molecular flexibility index (Phi) is 6.13. The molecular formula is C16H28N4O2S. The third kappa shape index (κ3) is 5.24. The van der Waals surface area contributed by atoms with Crippen molar-refractivity contribution in [3.8, 4) is 0 Å². The summed E-state index contributed by atoms with van der Waals surface area (Å²) in [5.74, 6) is -0.0110. The number of piperazine rings is 1. The summed E-state index contributed by atoms with van der Waals surface area (Å²) in [4.78, 5) is 20.8. The second-order valence-corrected chi connectivity index (χ2v) is 8.12. The van der Waals surface area contributed by atoms with Crippen LogP contribution in [0.4, 0.5) is 5.13 Å². The van der Waals surface area contributed by atoms with Crippen molar-refractivity contribution < 1.29 is 9.90 Å². The summed E-state index contributed by atoms with van der Waals surface area (Å²) >= 11 is 1.43. The first-order valence-electron chi connectivity index (χ1n) is 8.12. The van der Waals surface area contributed by atoms with Gasteiger partial charge in [0.2, 0.25) is 5.91 Å². The van der Waals surface area contributed by atoms with Gasteiger partial charge in [0, 0.05) is 44.3 Å². The molecule has 0 unspecified atom stereocenters. The molecule has 0 saturated carbocycles. The lowest BCUT2D eigenvalue weighted by atomic mass is 9.89. The Bertz CT molecular complexity index is 493. The number of thiazole rings is 1. The monoisotopic (exact) mass is 340 g/mol. The Labute approximate surface area is 142 Å². The van der Waals surface area contributed by atoms with Crippen LogP contribution in [0.1, 0.15) is 27.7 Å². The molecule has 2 heterocycles. The van der Waals surface area contributed by atoms with Gasteiger partial charge >= 0.3 is 0 Å². The van der Waals surface area contributed by atoms with Crippen molar-refractivity contribution in [1.82, 2.24) is 14.8 Å². The van der Waals surface area contributed by atoms with Crippen molar-refractivity contribution in [1.29, 1.82) is 0 Å². The van der Waals surface area contributed by atoms with E-state index in [4.69, 9.17) is 0 Å². The number of hydrogen-bond acceptors (Lipinski definition) is 6. The molecule has 130 valence electrons. The van der Waals surface area contributed by atoms with E-state index in [9.17, 15) is 9.90 Å². The van der Waals surface area contributed by atoms with Crippen LogP contribution in [0.2, 0.25) is 0 Å². The van der Waals surface area contributed by atoms with E-state index in [0.717, 1.165) is 26.2 Å². The minimum atomic E-state index is -0.334. The fourth-order valence-corrected chi connectivity index (χ4v) is 3.04. The molecule has 0 aromatic carbocycles. The van der Waals surface area contributed by atoms with Crippen LogP contribution in [0.3, 0.4) is 0 Å². The first-order chi connectivity index (χ1) is 10.8. The highest BCUT2D eigenvalue weighted by Crippen LogP contribution is 2.20. The van der Waals surface area contributed by atoms with Gasteiger partial charge in [-0.05, 0) is 12.3 Å². The van der Waals surface area contributed by atoms with Crippen LogP contribution in [-0.4, -0.2) is 70.7 Å². The average Bonchev–Trinajstić information content (AvgIpc) is 2.99. The highest BCUT2D eigenvalue weighted by molar-refractivity contribution is 7.13. The van der Waals surface area contributed by atoms with E-state index < -0.39 is 0 Å². The first-order valence-corrected chi connectivity index (χ1v) is 9.00. The van der Waals surface area contributed by atoms with E-state index in [0.29, 0.717) is 11.7 Å². The standard InChI is InChI=1S/C16H28N4O2S/c1-12(14(22)18-15-17-5-10-23-15)20-8-6-19(7-9-20)11-13(21)16(2,3)4/h5,10,12-13,21H,6-9,11H2,1-4H3,(H,17,18,22)/t12-,13-/m0/s1. The van der Waals surface area contributed by atoms with E-state index in [1.807, 2.05) is 12.3 Å². The summed E-state index contributed by atoms with van der Waals surface area (Å²) in [6.45, 7) is 12.2. The molecule has 0 radical (unpaired) electrons. The fraction of sp³-hybridized carbons (Fsp3) is 0.750. The predicted octanol–water partition coefficient (Wildman–Crippen LogP) is 1.49. The SMILES string of the molecule is C[C@@H](C(=O)Nc1nccs1)N1CCN(C[C@H](O)C(C)(C)C)CC1. The van der Waals surface area contributed by atoms with Crippen LogP contribution in [0.5, 0.6) is 0 Å². The number of hydrogen-bond donors (Lipinski definition) is 2. The molecule has 1 amide bonds. The smallest absolute Gasteiger partial charge is 0.243 e. The lowest BCUT2D eigenvalue weighted by Crippen LogP contribution is -2.54. The van der Waals surface area contributed by atoms with Crippen LogP contribution in [-0.2, 0) is 4.79 Å². The minimum absolute atomic E-state index is 0.0110. The number of amides is 1. The van der Waals surface area contributed by atoms with Gasteiger partial charge in [-0.25, -0.2) is 4.98 Å². The predicted molar refractivity (Wildman–Crippen MR) is 93.7 cm³/mol. The third-order valence-electron chi connectivity index (χ3n) is 4.43. The maximum Gasteiger partial charge on any atom is 0.243 e. The molecule has 1 aromatic rings. The number of carbonyl (C=O) groups is 1. The molecule has 7 heteroatoms. The molecular weight excluding hydrogens is 312 g/mol. The van der Waals surface area contributed by atoms with Gasteiger partial charge in [0.15, 0.2) is 5.13 Å². The molecule has 0 bridgehead atoms. The van der Waals surface area contributed by atoms with Crippen molar-refractivity contribution in [3.63, 3.8) is 0 Å². The molecule has 2 rings (SSSR count). The zero-order chi connectivity index (χ0) is 17.0. The van der Waals surface area contributed by atoms with Gasteiger partial charge in [-0.3, -0.25) is 14.6 Å². The lowest BCUT2D eigenvalue weighted by Gasteiger charge is -2.39. The van der Waals surface area contributed by atoms with Crippen molar-refractivity contribution in [3.05, 3.63) is 11.6 Å². The van der Waals surface area contributed by atoms with E-state index in [-0.39, 0.29) is 23.5 Å². The number of rotatable bonds is 5. The summed E-state index contributed by atoms with van der Waals surface area (Å²) in [7, 11) is 0. The molecule has 2 N–H and O–H groups in total. The van der Waals surface area contributed by atoms with Crippen molar-refractivity contribution in [2.24, 2.45) is 5.41 Å².